The number of fused-ring (bicyclic) bond motifs is 1. The summed E-state index contributed by atoms with van der Waals surface area (Å²) in [6, 6.07) is 13.6. The van der Waals surface area contributed by atoms with Crippen LogP contribution >= 0.6 is 0 Å². The minimum atomic E-state index is -0.562. The molecule has 1 heterocycles. The van der Waals surface area contributed by atoms with Crippen molar-refractivity contribution in [2.24, 2.45) is 10.2 Å². The average Bonchev–Trinajstić information content (AvgIpc) is 2.98. The van der Waals surface area contributed by atoms with Gasteiger partial charge in [0, 0.05) is 10.9 Å². The number of esters is 1. The molecule has 0 saturated heterocycles. The van der Waals surface area contributed by atoms with E-state index in [2.05, 4.69) is 10.2 Å². The van der Waals surface area contributed by atoms with Crippen LogP contribution in [0.1, 0.15) is 31.1 Å². The van der Waals surface area contributed by atoms with Crippen molar-refractivity contribution in [2.45, 2.75) is 33.4 Å². The number of benzene rings is 2. The predicted octanol–water partition coefficient (Wildman–Crippen LogP) is 4.62. The molecule has 0 atom stereocenters. The molecule has 3 rings (SSSR count). The zero-order valence-corrected chi connectivity index (χ0v) is 17.0. The number of ether oxygens (including phenoxy) is 2. The van der Waals surface area contributed by atoms with Gasteiger partial charge in [-0.05, 0) is 51.1 Å². The molecule has 8 nitrogen and oxygen atoms in total. The molecule has 1 N–H and O–H groups in total. The van der Waals surface area contributed by atoms with E-state index in [4.69, 9.17) is 9.47 Å². The van der Waals surface area contributed by atoms with E-state index in [1.54, 1.807) is 55.5 Å². The Kier molecular flexibility index (Phi) is 6.46. The van der Waals surface area contributed by atoms with Gasteiger partial charge in [0.05, 0.1) is 18.2 Å². The number of aromatic hydroxyl groups is 1. The molecule has 0 aliphatic carbocycles. The number of carbonyl (C=O) groups excluding carboxylic acids is 2. The van der Waals surface area contributed by atoms with Gasteiger partial charge in [0.2, 0.25) is 5.88 Å². The zero-order chi connectivity index (χ0) is 21.7. The Balaban J connectivity index is 1.88. The number of hydrogen-bond acceptors (Lipinski definition) is 6. The Hall–Kier alpha value is -3.68. The van der Waals surface area contributed by atoms with Gasteiger partial charge in [0.25, 0.3) is 5.91 Å². The molecule has 0 fully saturated rings. The molecule has 0 aliphatic rings. The maximum absolute atomic E-state index is 12.4. The fourth-order valence-electron chi connectivity index (χ4n) is 2.97. The summed E-state index contributed by atoms with van der Waals surface area (Å²) in [6.45, 7) is 5.59. The van der Waals surface area contributed by atoms with Crippen LogP contribution in [0.15, 0.2) is 58.8 Å². The van der Waals surface area contributed by atoms with Crippen LogP contribution in [-0.4, -0.2) is 34.3 Å². The van der Waals surface area contributed by atoms with Crippen molar-refractivity contribution in [3.63, 3.8) is 0 Å². The number of para-hydroxylation sites is 1. The van der Waals surface area contributed by atoms with E-state index in [9.17, 15) is 14.7 Å². The normalized spacial score (nSPS) is 11.3. The van der Waals surface area contributed by atoms with Crippen molar-refractivity contribution in [1.82, 2.24) is 4.57 Å². The minimum Gasteiger partial charge on any atom is -0.493 e. The van der Waals surface area contributed by atoms with Crippen LogP contribution in [-0.2, 0) is 16.1 Å². The number of azo groups is 1. The summed E-state index contributed by atoms with van der Waals surface area (Å²) < 4.78 is 11.9. The third-order valence-corrected chi connectivity index (χ3v) is 4.22. The largest absolute Gasteiger partial charge is 0.493 e. The first-order chi connectivity index (χ1) is 14.4. The van der Waals surface area contributed by atoms with Crippen LogP contribution in [0.25, 0.3) is 10.9 Å². The second-order valence-corrected chi connectivity index (χ2v) is 6.78. The van der Waals surface area contributed by atoms with E-state index < -0.39 is 11.9 Å². The highest BCUT2D eigenvalue weighted by atomic mass is 16.5. The molecular formula is C22H23N3O5. The maximum Gasteiger partial charge on any atom is 0.326 e. The fraction of sp³-hybridized carbons (Fsp3) is 0.273. The standard InChI is InChI=1S/C22H23N3O5/c1-4-29-19(26)13-25-18-8-6-5-7-17(18)20(22(25)28)23-24-21(27)15-9-11-16(12-10-15)30-14(2)3/h5-12,14,28H,4,13H2,1-3H3. The van der Waals surface area contributed by atoms with E-state index in [0.717, 1.165) is 0 Å². The van der Waals surface area contributed by atoms with Gasteiger partial charge in [-0.1, -0.05) is 18.2 Å². The topological polar surface area (TPSA) is 102 Å². The number of carbonyl (C=O) groups is 2. The molecule has 8 heteroatoms. The van der Waals surface area contributed by atoms with Crippen LogP contribution < -0.4 is 4.74 Å². The Morgan fingerprint density at radius 1 is 1.10 bits per heavy atom. The number of aromatic nitrogens is 1. The first-order valence-electron chi connectivity index (χ1n) is 9.59. The van der Waals surface area contributed by atoms with Gasteiger partial charge >= 0.3 is 5.97 Å². The number of nitrogens with zero attached hydrogens (tertiary/aromatic N) is 3. The Morgan fingerprint density at radius 3 is 2.47 bits per heavy atom. The second-order valence-electron chi connectivity index (χ2n) is 6.78. The minimum absolute atomic E-state index is 0.0288. The van der Waals surface area contributed by atoms with E-state index in [-0.39, 0.29) is 30.8 Å². The quantitative estimate of drug-likeness (QED) is 0.453. The van der Waals surface area contributed by atoms with Crippen molar-refractivity contribution < 1.29 is 24.2 Å². The molecule has 1 amide bonds. The summed E-state index contributed by atoms with van der Waals surface area (Å²) in [6.07, 6.45) is 0.0288. The summed E-state index contributed by atoms with van der Waals surface area (Å²) in [5.41, 5.74) is 1.03. The third kappa shape index (κ3) is 4.65. The summed E-state index contributed by atoms with van der Waals surface area (Å²) in [5.74, 6) is -0.663. The number of rotatable bonds is 7. The van der Waals surface area contributed by atoms with Crippen molar-refractivity contribution in [1.29, 1.82) is 0 Å². The first kappa shape index (κ1) is 21.0. The van der Waals surface area contributed by atoms with Gasteiger partial charge in [-0.25, -0.2) is 0 Å². The molecule has 2 aromatic carbocycles. The average molecular weight is 409 g/mol. The third-order valence-electron chi connectivity index (χ3n) is 4.22. The van der Waals surface area contributed by atoms with Crippen LogP contribution in [0.4, 0.5) is 5.69 Å². The van der Waals surface area contributed by atoms with E-state index in [0.29, 0.717) is 22.2 Å². The van der Waals surface area contributed by atoms with Crippen LogP contribution in [0.2, 0.25) is 0 Å². The zero-order valence-electron chi connectivity index (χ0n) is 17.0. The van der Waals surface area contributed by atoms with E-state index in [1.807, 2.05) is 13.8 Å². The lowest BCUT2D eigenvalue weighted by atomic mass is 10.2. The van der Waals surface area contributed by atoms with Gasteiger partial charge in [-0.3, -0.25) is 14.2 Å². The van der Waals surface area contributed by atoms with Crippen LogP contribution in [0.3, 0.4) is 0 Å². The molecule has 1 aromatic heterocycles. The lowest BCUT2D eigenvalue weighted by molar-refractivity contribution is -0.143. The SMILES string of the molecule is CCOC(=O)Cn1c(O)c(N=NC(=O)c2ccc(OC(C)C)cc2)c2ccccc21. The maximum atomic E-state index is 12.4. The molecule has 0 saturated carbocycles. The molecule has 30 heavy (non-hydrogen) atoms. The fourth-order valence-corrected chi connectivity index (χ4v) is 2.97. The lowest BCUT2D eigenvalue weighted by Gasteiger charge is -2.09. The van der Waals surface area contributed by atoms with E-state index >= 15 is 0 Å². The Morgan fingerprint density at radius 2 is 1.80 bits per heavy atom. The van der Waals surface area contributed by atoms with Crippen LogP contribution in [0, 0.1) is 0 Å². The Bertz CT molecular complexity index is 1080. The highest BCUT2D eigenvalue weighted by Crippen LogP contribution is 2.38. The molecule has 3 aromatic rings. The highest BCUT2D eigenvalue weighted by molar-refractivity contribution is 5.97. The highest BCUT2D eigenvalue weighted by Gasteiger charge is 2.19. The summed E-state index contributed by atoms with van der Waals surface area (Å²) in [4.78, 5) is 24.3. The van der Waals surface area contributed by atoms with Crippen molar-refractivity contribution in [2.75, 3.05) is 6.61 Å². The van der Waals surface area contributed by atoms with Gasteiger partial charge in [0.1, 0.15) is 12.3 Å². The molecule has 156 valence electrons. The van der Waals surface area contributed by atoms with Gasteiger partial charge in [-0.2, -0.15) is 0 Å². The molecule has 0 bridgehead atoms. The summed E-state index contributed by atoms with van der Waals surface area (Å²) in [7, 11) is 0. The van der Waals surface area contributed by atoms with Crippen molar-refractivity contribution >= 4 is 28.5 Å². The first-order valence-corrected chi connectivity index (χ1v) is 9.59. The molecule has 0 unspecified atom stereocenters. The Labute approximate surface area is 173 Å². The monoisotopic (exact) mass is 409 g/mol. The predicted molar refractivity (Wildman–Crippen MR) is 111 cm³/mol. The van der Waals surface area contributed by atoms with E-state index in [1.165, 1.54) is 4.57 Å². The number of hydrogen-bond donors (Lipinski definition) is 1. The van der Waals surface area contributed by atoms with Gasteiger partial charge in [0.15, 0.2) is 5.69 Å². The van der Waals surface area contributed by atoms with Crippen LogP contribution in [0.5, 0.6) is 11.6 Å². The molecule has 0 aliphatic heterocycles. The summed E-state index contributed by atoms with van der Waals surface area (Å²) >= 11 is 0. The van der Waals surface area contributed by atoms with Crippen molar-refractivity contribution in [3.05, 3.63) is 54.1 Å². The molecule has 0 spiro atoms. The van der Waals surface area contributed by atoms with Gasteiger partial charge in [-0.15, -0.1) is 10.2 Å². The summed E-state index contributed by atoms with van der Waals surface area (Å²) in [5, 5.41) is 18.9. The number of amides is 1. The second kappa shape index (κ2) is 9.21. The van der Waals surface area contributed by atoms with Crippen molar-refractivity contribution in [3.8, 4) is 11.6 Å². The lowest BCUT2D eigenvalue weighted by Crippen LogP contribution is -2.12. The molecule has 0 radical (unpaired) electrons. The molecular weight excluding hydrogens is 386 g/mol. The van der Waals surface area contributed by atoms with Gasteiger partial charge < -0.3 is 14.6 Å². The smallest absolute Gasteiger partial charge is 0.326 e.